The van der Waals surface area contributed by atoms with Crippen molar-refractivity contribution in [1.82, 2.24) is 4.98 Å². The standard InChI is InChI=1S/C9H4Br2NOS/c10-6-1-2-7(11)8(5-6)13-9-12-3-4-14-9/h1-2,4-5H. The lowest BCUT2D eigenvalue weighted by Gasteiger charge is -2.04. The molecule has 2 nitrogen and oxygen atoms in total. The van der Waals surface area contributed by atoms with Gasteiger partial charge in [0.1, 0.15) is 11.9 Å². The fourth-order valence-electron chi connectivity index (χ4n) is 0.879. The summed E-state index contributed by atoms with van der Waals surface area (Å²) in [7, 11) is 0. The number of halogens is 2. The zero-order chi connectivity index (χ0) is 9.97. The zero-order valence-corrected chi connectivity index (χ0v) is 10.8. The number of ether oxygens (including phenoxy) is 1. The number of hydrogen-bond acceptors (Lipinski definition) is 3. The van der Waals surface area contributed by atoms with Crippen molar-refractivity contribution < 1.29 is 4.74 Å². The molecule has 2 rings (SSSR count). The molecule has 14 heavy (non-hydrogen) atoms. The largest absolute Gasteiger partial charge is 0.430 e. The molecule has 0 bridgehead atoms. The maximum absolute atomic E-state index is 5.53. The summed E-state index contributed by atoms with van der Waals surface area (Å²) in [4.78, 5) is 3.92. The quantitative estimate of drug-likeness (QED) is 0.819. The molecule has 0 N–H and O–H groups in total. The monoisotopic (exact) mass is 332 g/mol. The molecule has 1 aromatic carbocycles. The van der Waals surface area contributed by atoms with E-state index in [9.17, 15) is 0 Å². The van der Waals surface area contributed by atoms with Gasteiger partial charge in [0.05, 0.1) is 4.47 Å². The minimum Gasteiger partial charge on any atom is -0.430 e. The fourth-order valence-corrected chi connectivity index (χ4v) is 2.00. The Balaban J connectivity index is 2.28. The van der Waals surface area contributed by atoms with Crippen LogP contribution in [0, 0.1) is 6.20 Å². The highest BCUT2D eigenvalue weighted by Crippen LogP contribution is 2.32. The van der Waals surface area contributed by atoms with E-state index in [0.717, 1.165) is 14.7 Å². The van der Waals surface area contributed by atoms with Gasteiger partial charge in [0.15, 0.2) is 0 Å². The van der Waals surface area contributed by atoms with Crippen LogP contribution in [0.25, 0.3) is 0 Å². The number of benzene rings is 1. The van der Waals surface area contributed by atoms with Gasteiger partial charge in [-0.15, -0.1) is 0 Å². The molecular formula is C9H4Br2NOS. The van der Waals surface area contributed by atoms with Crippen molar-refractivity contribution in [3.63, 3.8) is 0 Å². The second-order valence-corrected chi connectivity index (χ2v) is 5.01. The van der Waals surface area contributed by atoms with Crippen LogP contribution in [0.3, 0.4) is 0 Å². The third-order valence-corrected chi connectivity index (χ3v) is 3.21. The molecule has 0 spiro atoms. The molecule has 0 aliphatic heterocycles. The third kappa shape index (κ3) is 2.34. The Kier molecular flexibility index (Phi) is 3.20. The topological polar surface area (TPSA) is 22.1 Å². The maximum Gasteiger partial charge on any atom is 0.279 e. The first-order valence-electron chi connectivity index (χ1n) is 3.70. The first-order chi connectivity index (χ1) is 6.75. The molecule has 2 aromatic rings. The molecule has 0 amide bonds. The Morgan fingerprint density at radius 2 is 2.21 bits per heavy atom. The Morgan fingerprint density at radius 1 is 1.36 bits per heavy atom. The van der Waals surface area contributed by atoms with Crippen molar-refractivity contribution in [2.75, 3.05) is 0 Å². The molecule has 0 aliphatic rings. The minimum atomic E-state index is 0.587. The van der Waals surface area contributed by atoms with Gasteiger partial charge in [-0.3, -0.25) is 0 Å². The average Bonchev–Trinajstić information content (AvgIpc) is 2.64. The van der Waals surface area contributed by atoms with Crippen LogP contribution in [0.5, 0.6) is 10.9 Å². The lowest BCUT2D eigenvalue weighted by Crippen LogP contribution is -1.84. The summed E-state index contributed by atoms with van der Waals surface area (Å²) in [6, 6.07) is 5.73. The Labute approximate surface area is 102 Å². The van der Waals surface area contributed by atoms with Gasteiger partial charge < -0.3 is 4.74 Å². The van der Waals surface area contributed by atoms with Crippen molar-refractivity contribution in [2.45, 2.75) is 0 Å². The van der Waals surface area contributed by atoms with E-state index in [1.807, 2.05) is 18.2 Å². The summed E-state index contributed by atoms with van der Waals surface area (Å²) in [5.41, 5.74) is 0. The lowest BCUT2D eigenvalue weighted by molar-refractivity contribution is 0.475. The van der Waals surface area contributed by atoms with Crippen LogP contribution in [0.4, 0.5) is 0 Å². The molecule has 1 heterocycles. The predicted octanol–water partition coefficient (Wildman–Crippen LogP) is 4.26. The van der Waals surface area contributed by atoms with Gasteiger partial charge in [-0.05, 0) is 34.1 Å². The molecule has 0 saturated carbocycles. The van der Waals surface area contributed by atoms with Crippen LogP contribution in [0.1, 0.15) is 0 Å². The van der Waals surface area contributed by atoms with Crippen molar-refractivity contribution >= 4 is 43.2 Å². The molecule has 1 aromatic heterocycles. The first kappa shape index (κ1) is 10.1. The van der Waals surface area contributed by atoms with Gasteiger partial charge in [-0.25, -0.2) is 4.98 Å². The van der Waals surface area contributed by atoms with Gasteiger partial charge in [-0.2, -0.15) is 0 Å². The second kappa shape index (κ2) is 4.42. The summed E-state index contributed by atoms with van der Waals surface area (Å²) in [5.74, 6) is 0.739. The van der Waals surface area contributed by atoms with Crippen molar-refractivity contribution in [3.05, 3.63) is 38.7 Å². The summed E-state index contributed by atoms with van der Waals surface area (Å²) in [6.07, 6.45) is 2.70. The summed E-state index contributed by atoms with van der Waals surface area (Å²) >= 11 is 8.18. The van der Waals surface area contributed by atoms with Gasteiger partial charge in [0.2, 0.25) is 0 Å². The Hall–Kier alpha value is -0.390. The molecule has 0 unspecified atom stereocenters. The van der Waals surface area contributed by atoms with E-state index >= 15 is 0 Å². The number of hydrogen-bond donors (Lipinski definition) is 0. The Morgan fingerprint density at radius 3 is 2.93 bits per heavy atom. The summed E-state index contributed by atoms with van der Waals surface area (Å²) < 4.78 is 7.40. The van der Waals surface area contributed by atoms with E-state index in [0.29, 0.717) is 5.19 Å². The van der Waals surface area contributed by atoms with Crippen LogP contribution in [-0.4, -0.2) is 4.98 Å². The lowest BCUT2D eigenvalue weighted by atomic mass is 10.3. The molecule has 71 valence electrons. The molecular weight excluding hydrogens is 330 g/mol. The highest BCUT2D eigenvalue weighted by Gasteiger charge is 2.04. The number of aromatic nitrogens is 1. The van der Waals surface area contributed by atoms with E-state index in [1.165, 1.54) is 11.3 Å². The molecule has 0 aliphatic carbocycles. The van der Waals surface area contributed by atoms with Gasteiger partial charge in [-0.1, -0.05) is 27.3 Å². The predicted molar refractivity (Wildman–Crippen MR) is 62.9 cm³/mol. The highest BCUT2D eigenvalue weighted by atomic mass is 79.9. The second-order valence-electron chi connectivity index (χ2n) is 2.42. The highest BCUT2D eigenvalue weighted by molar-refractivity contribution is 9.11. The van der Waals surface area contributed by atoms with Crippen LogP contribution in [0.15, 0.2) is 32.5 Å². The first-order valence-corrected chi connectivity index (χ1v) is 6.17. The van der Waals surface area contributed by atoms with E-state index in [4.69, 9.17) is 4.74 Å². The van der Waals surface area contributed by atoms with Crippen molar-refractivity contribution in [2.24, 2.45) is 0 Å². The van der Waals surface area contributed by atoms with E-state index in [2.05, 4.69) is 43.0 Å². The van der Waals surface area contributed by atoms with Crippen molar-refractivity contribution in [3.8, 4) is 10.9 Å². The van der Waals surface area contributed by atoms with Crippen LogP contribution in [0.2, 0.25) is 0 Å². The maximum atomic E-state index is 5.53. The zero-order valence-electron chi connectivity index (χ0n) is 6.83. The fraction of sp³-hybridized carbons (Fsp3) is 0. The van der Waals surface area contributed by atoms with Crippen molar-refractivity contribution in [1.29, 1.82) is 0 Å². The molecule has 5 heteroatoms. The van der Waals surface area contributed by atoms with Crippen LogP contribution < -0.4 is 4.74 Å². The average molecular weight is 334 g/mol. The molecule has 1 radical (unpaired) electrons. The number of rotatable bonds is 2. The molecule has 0 saturated heterocycles. The van der Waals surface area contributed by atoms with Crippen LogP contribution >= 0.6 is 43.2 Å². The number of nitrogens with zero attached hydrogens (tertiary/aromatic N) is 1. The van der Waals surface area contributed by atoms with Gasteiger partial charge in [0.25, 0.3) is 5.19 Å². The van der Waals surface area contributed by atoms with Gasteiger partial charge >= 0.3 is 0 Å². The summed E-state index contributed by atoms with van der Waals surface area (Å²) in [5, 5.41) is 2.34. The SMILES string of the molecule is Brc1ccc(Br)c(Oc2n[c]cs2)c1. The minimum absolute atomic E-state index is 0.587. The molecule has 0 fully saturated rings. The van der Waals surface area contributed by atoms with E-state index < -0.39 is 0 Å². The van der Waals surface area contributed by atoms with Crippen LogP contribution in [-0.2, 0) is 0 Å². The smallest absolute Gasteiger partial charge is 0.279 e. The summed E-state index contributed by atoms with van der Waals surface area (Å²) in [6.45, 7) is 0. The van der Waals surface area contributed by atoms with E-state index in [1.54, 1.807) is 5.38 Å². The normalized spacial score (nSPS) is 10.1. The van der Waals surface area contributed by atoms with Gasteiger partial charge in [0, 0.05) is 9.85 Å². The number of thiazole rings is 1. The Bertz CT molecular complexity index is 430. The third-order valence-electron chi connectivity index (χ3n) is 1.46. The molecule has 0 atom stereocenters. The van der Waals surface area contributed by atoms with E-state index in [-0.39, 0.29) is 0 Å².